The second kappa shape index (κ2) is 5.38. The van der Waals surface area contributed by atoms with Crippen molar-refractivity contribution in [1.29, 1.82) is 0 Å². The van der Waals surface area contributed by atoms with Gasteiger partial charge < -0.3 is 11.1 Å². The smallest absolute Gasteiger partial charge is 0.242 e. The van der Waals surface area contributed by atoms with Crippen molar-refractivity contribution in [2.24, 2.45) is 11.8 Å². The van der Waals surface area contributed by atoms with Crippen LogP contribution >= 0.6 is 0 Å². The number of sulfonamides is 1. The van der Waals surface area contributed by atoms with Gasteiger partial charge in [-0.05, 0) is 49.9 Å². The van der Waals surface area contributed by atoms with Gasteiger partial charge in [-0.3, -0.25) is 0 Å². The maximum atomic E-state index is 11.7. The van der Waals surface area contributed by atoms with E-state index in [1.165, 1.54) is 26.0 Å². The topological polar surface area (TPSA) is 84.2 Å². The van der Waals surface area contributed by atoms with Crippen LogP contribution in [0.5, 0.6) is 0 Å². The summed E-state index contributed by atoms with van der Waals surface area (Å²) >= 11 is 0. The molecule has 0 aromatic heterocycles. The first-order valence-electron chi connectivity index (χ1n) is 6.51. The fraction of sp³-hybridized carbons (Fsp3) is 0.538. The van der Waals surface area contributed by atoms with E-state index >= 15 is 0 Å². The number of benzene rings is 1. The molecule has 0 spiro atoms. The lowest BCUT2D eigenvalue weighted by Gasteiger charge is -2.14. The monoisotopic (exact) mass is 283 g/mol. The molecule has 1 fully saturated rings. The Morgan fingerprint density at radius 3 is 2.63 bits per heavy atom. The van der Waals surface area contributed by atoms with Gasteiger partial charge in [-0.2, -0.15) is 0 Å². The molecule has 1 aromatic rings. The number of hydrogen-bond acceptors (Lipinski definition) is 4. The molecule has 0 bridgehead atoms. The van der Waals surface area contributed by atoms with E-state index in [1.54, 1.807) is 12.1 Å². The van der Waals surface area contributed by atoms with Crippen LogP contribution in [0.25, 0.3) is 0 Å². The molecule has 0 aliphatic heterocycles. The lowest BCUT2D eigenvalue weighted by Crippen LogP contribution is -2.20. The number of rotatable bonds is 6. The van der Waals surface area contributed by atoms with Crippen LogP contribution in [0, 0.1) is 11.8 Å². The Labute approximate surface area is 114 Å². The summed E-state index contributed by atoms with van der Waals surface area (Å²) in [5.41, 5.74) is 6.93. The summed E-state index contributed by atoms with van der Waals surface area (Å²) in [7, 11) is -2.11. The molecule has 1 aliphatic carbocycles. The van der Waals surface area contributed by atoms with Crippen LogP contribution in [0.1, 0.15) is 19.8 Å². The quantitative estimate of drug-likeness (QED) is 0.693. The first-order valence-corrected chi connectivity index (χ1v) is 7.99. The fourth-order valence-electron chi connectivity index (χ4n) is 2.12. The van der Waals surface area contributed by atoms with E-state index in [1.807, 2.05) is 0 Å². The standard InChI is InChI=1S/C13H21N3O2S/c1-9(10-3-4-10)8-16-11-5-6-13(12(14)7-11)19(17,18)15-2/h5-7,9-10,15-16H,3-4,8,14H2,1-2H3. The predicted octanol–water partition coefficient (Wildman–Crippen LogP) is 1.63. The molecule has 4 N–H and O–H groups in total. The minimum absolute atomic E-state index is 0.121. The van der Waals surface area contributed by atoms with Crippen molar-refractivity contribution in [2.45, 2.75) is 24.7 Å². The van der Waals surface area contributed by atoms with Gasteiger partial charge in [0.05, 0.1) is 5.69 Å². The van der Waals surface area contributed by atoms with E-state index < -0.39 is 10.0 Å². The molecule has 1 atom stereocenters. The van der Waals surface area contributed by atoms with Crippen molar-refractivity contribution >= 4 is 21.4 Å². The number of anilines is 2. The molecule has 6 heteroatoms. The summed E-state index contributed by atoms with van der Waals surface area (Å²) in [4.78, 5) is 0.121. The van der Waals surface area contributed by atoms with Crippen LogP contribution in [0.15, 0.2) is 23.1 Å². The van der Waals surface area contributed by atoms with Crippen molar-refractivity contribution in [3.05, 3.63) is 18.2 Å². The highest BCUT2D eigenvalue weighted by Gasteiger charge is 2.27. The molecule has 1 saturated carbocycles. The molecular weight excluding hydrogens is 262 g/mol. The molecule has 1 aliphatic rings. The van der Waals surface area contributed by atoms with Crippen LogP contribution in [-0.2, 0) is 10.0 Å². The number of nitrogens with one attached hydrogen (secondary N) is 2. The molecular formula is C13H21N3O2S. The molecule has 1 unspecified atom stereocenters. The van der Waals surface area contributed by atoms with Crippen molar-refractivity contribution in [3.8, 4) is 0 Å². The fourth-order valence-corrected chi connectivity index (χ4v) is 2.96. The highest BCUT2D eigenvalue weighted by molar-refractivity contribution is 7.89. The minimum atomic E-state index is -3.48. The summed E-state index contributed by atoms with van der Waals surface area (Å²) in [5, 5.41) is 3.31. The third kappa shape index (κ3) is 3.39. The van der Waals surface area contributed by atoms with E-state index in [0.29, 0.717) is 5.92 Å². The van der Waals surface area contributed by atoms with E-state index in [2.05, 4.69) is 17.0 Å². The van der Waals surface area contributed by atoms with Gasteiger partial charge in [-0.1, -0.05) is 6.92 Å². The van der Waals surface area contributed by atoms with Crippen molar-refractivity contribution in [1.82, 2.24) is 4.72 Å². The van der Waals surface area contributed by atoms with E-state index in [-0.39, 0.29) is 10.6 Å². The SMILES string of the molecule is CNS(=O)(=O)c1ccc(NCC(C)C2CC2)cc1N. The predicted molar refractivity (Wildman–Crippen MR) is 77.5 cm³/mol. The third-order valence-corrected chi connectivity index (χ3v) is 5.11. The van der Waals surface area contributed by atoms with Crippen molar-refractivity contribution in [3.63, 3.8) is 0 Å². The molecule has 106 valence electrons. The molecule has 2 rings (SSSR count). The number of nitrogens with two attached hydrogens (primary N) is 1. The lowest BCUT2D eigenvalue weighted by atomic mass is 10.1. The van der Waals surface area contributed by atoms with E-state index in [9.17, 15) is 8.42 Å². The average molecular weight is 283 g/mol. The second-order valence-corrected chi connectivity index (χ2v) is 7.01. The van der Waals surface area contributed by atoms with Gasteiger partial charge >= 0.3 is 0 Å². The Hall–Kier alpha value is -1.27. The first kappa shape index (κ1) is 14.1. The van der Waals surface area contributed by atoms with Crippen LogP contribution in [0.3, 0.4) is 0 Å². The van der Waals surface area contributed by atoms with E-state index in [4.69, 9.17) is 5.73 Å². The van der Waals surface area contributed by atoms with E-state index in [0.717, 1.165) is 18.2 Å². The third-order valence-electron chi connectivity index (χ3n) is 3.62. The molecule has 0 amide bonds. The molecule has 1 aromatic carbocycles. The Morgan fingerprint density at radius 1 is 1.42 bits per heavy atom. The Kier molecular flexibility index (Phi) is 4.01. The van der Waals surface area contributed by atoms with Gasteiger partial charge in [0.15, 0.2) is 0 Å². The molecule has 19 heavy (non-hydrogen) atoms. The summed E-state index contributed by atoms with van der Waals surface area (Å²) in [6.45, 7) is 3.12. The van der Waals surface area contributed by atoms with Gasteiger partial charge in [0.25, 0.3) is 0 Å². The van der Waals surface area contributed by atoms with Gasteiger partial charge in [-0.25, -0.2) is 13.1 Å². The molecule has 0 saturated heterocycles. The highest BCUT2D eigenvalue weighted by atomic mass is 32.2. The van der Waals surface area contributed by atoms with Gasteiger partial charge in [0, 0.05) is 12.2 Å². The van der Waals surface area contributed by atoms with Crippen LogP contribution in [0.2, 0.25) is 0 Å². The summed E-state index contributed by atoms with van der Waals surface area (Å²) < 4.78 is 25.6. The average Bonchev–Trinajstić information content (AvgIpc) is 3.20. The molecule has 0 heterocycles. The Morgan fingerprint density at radius 2 is 2.11 bits per heavy atom. The second-order valence-electron chi connectivity index (χ2n) is 5.16. The summed E-state index contributed by atoms with van der Waals surface area (Å²) in [6, 6.07) is 4.95. The van der Waals surface area contributed by atoms with Gasteiger partial charge in [0.1, 0.15) is 4.90 Å². The van der Waals surface area contributed by atoms with Crippen molar-refractivity contribution in [2.75, 3.05) is 24.6 Å². The van der Waals surface area contributed by atoms with Gasteiger partial charge in [-0.15, -0.1) is 0 Å². The van der Waals surface area contributed by atoms with Crippen LogP contribution in [-0.4, -0.2) is 22.0 Å². The highest BCUT2D eigenvalue weighted by Crippen LogP contribution is 2.36. The van der Waals surface area contributed by atoms with Crippen molar-refractivity contribution < 1.29 is 8.42 Å². The summed E-state index contributed by atoms with van der Waals surface area (Å²) in [5.74, 6) is 1.48. The minimum Gasteiger partial charge on any atom is -0.398 e. The zero-order valence-corrected chi connectivity index (χ0v) is 12.1. The first-order chi connectivity index (χ1) is 8.94. The number of nitrogen functional groups attached to an aromatic ring is 1. The van der Waals surface area contributed by atoms with Gasteiger partial charge in [0.2, 0.25) is 10.0 Å². The lowest BCUT2D eigenvalue weighted by molar-refractivity contribution is 0.536. The molecule has 0 radical (unpaired) electrons. The largest absolute Gasteiger partial charge is 0.398 e. The normalized spacial score (nSPS) is 17.2. The number of hydrogen-bond donors (Lipinski definition) is 3. The zero-order chi connectivity index (χ0) is 14.0. The zero-order valence-electron chi connectivity index (χ0n) is 11.3. The maximum Gasteiger partial charge on any atom is 0.242 e. The maximum absolute atomic E-state index is 11.7. The summed E-state index contributed by atoms with van der Waals surface area (Å²) in [6.07, 6.45) is 2.65. The van der Waals surface area contributed by atoms with Crippen LogP contribution in [0.4, 0.5) is 11.4 Å². The Bertz CT molecular complexity index is 553. The Balaban J connectivity index is 2.06. The molecule has 5 nitrogen and oxygen atoms in total. The van der Waals surface area contributed by atoms with Crippen LogP contribution < -0.4 is 15.8 Å².